The van der Waals surface area contributed by atoms with Gasteiger partial charge in [0, 0.05) is 12.6 Å². The summed E-state index contributed by atoms with van der Waals surface area (Å²) in [6, 6.07) is 4.87. The lowest BCUT2D eigenvalue weighted by atomic mass is 10.2. The van der Waals surface area contributed by atoms with Crippen LogP contribution in [0, 0.1) is 5.82 Å². The van der Waals surface area contributed by atoms with Crippen molar-refractivity contribution in [2.24, 2.45) is 0 Å². The van der Waals surface area contributed by atoms with E-state index in [-0.39, 0.29) is 18.0 Å². The Morgan fingerprint density at radius 2 is 1.68 bits per heavy atom. The molecule has 6 nitrogen and oxygen atoms in total. The van der Waals surface area contributed by atoms with E-state index in [1.54, 1.807) is 6.92 Å². The van der Waals surface area contributed by atoms with Crippen LogP contribution in [0.1, 0.15) is 34.8 Å². The molecule has 0 amide bonds. The molecule has 7 heteroatoms. The van der Waals surface area contributed by atoms with Gasteiger partial charge in [-0.15, -0.1) is 0 Å². The first-order valence-corrected chi connectivity index (χ1v) is 6.49. The molecule has 116 valence electrons. The summed E-state index contributed by atoms with van der Waals surface area (Å²) >= 11 is 0. The number of aromatic nitrogens is 1. The molecule has 2 rings (SSSR count). The minimum absolute atomic E-state index is 0.0447. The molecule has 0 atom stereocenters. The third kappa shape index (κ3) is 2.52. The maximum atomic E-state index is 13.1. The Morgan fingerprint density at radius 1 is 1.14 bits per heavy atom. The Hall–Kier alpha value is -2.83. The van der Waals surface area contributed by atoms with Crippen LogP contribution in [0.25, 0.3) is 5.69 Å². The van der Waals surface area contributed by atoms with Gasteiger partial charge in [-0.2, -0.15) is 0 Å². The number of hydrogen-bond acceptors (Lipinski definition) is 5. The summed E-state index contributed by atoms with van der Waals surface area (Å²) < 4.78 is 18.9. The fraction of sp³-hybridized carbons (Fsp3) is 0.200. The third-order valence-corrected chi connectivity index (χ3v) is 3.01. The molecule has 1 aromatic heterocycles. The summed E-state index contributed by atoms with van der Waals surface area (Å²) in [5, 5.41) is 19.9. The molecule has 0 aliphatic rings. The standard InChI is InChI=1S/C15H14FNO5/c1-3-22-15(21)12-14(20)13(19)11(8(2)18)17(12)10-6-4-9(16)5-7-10/h4-7,19-20H,3H2,1-2H3. The normalized spacial score (nSPS) is 10.5. The van der Waals surface area contributed by atoms with E-state index in [4.69, 9.17) is 4.74 Å². The van der Waals surface area contributed by atoms with Gasteiger partial charge in [-0.1, -0.05) is 0 Å². The monoisotopic (exact) mass is 307 g/mol. The van der Waals surface area contributed by atoms with Gasteiger partial charge in [0.1, 0.15) is 11.5 Å². The van der Waals surface area contributed by atoms with Gasteiger partial charge in [0.15, 0.2) is 23.0 Å². The van der Waals surface area contributed by atoms with E-state index in [9.17, 15) is 24.2 Å². The maximum absolute atomic E-state index is 13.1. The van der Waals surface area contributed by atoms with Crippen LogP contribution in [0.4, 0.5) is 4.39 Å². The van der Waals surface area contributed by atoms with Crippen molar-refractivity contribution in [2.75, 3.05) is 6.61 Å². The molecule has 22 heavy (non-hydrogen) atoms. The molecule has 0 fully saturated rings. The fourth-order valence-corrected chi connectivity index (χ4v) is 2.11. The van der Waals surface area contributed by atoms with Gasteiger partial charge in [0.25, 0.3) is 0 Å². The molecule has 2 aromatic rings. The van der Waals surface area contributed by atoms with E-state index in [0.717, 1.165) is 16.7 Å². The second-order valence-corrected chi connectivity index (χ2v) is 4.48. The van der Waals surface area contributed by atoms with Crippen LogP contribution in [0.5, 0.6) is 11.5 Å². The van der Waals surface area contributed by atoms with Crippen LogP contribution in [0.15, 0.2) is 24.3 Å². The molecule has 1 aromatic carbocycles. The lowest BCUT2D eigenvalue weighted by Gasteiger charge is -2.11. The van der Waals surface area contributed by atoms with Crippen molar-refractivity contribution >= 4 is 11.8 Å². The highest BCUT2D eigenvalue weighted by molar-refractivity contribution is 6.02. The number of aromatic hydroxyl groups is 2. The van der Waals surface area contributed by atoms with Crippen molar-refractivity contribution in [3.8, 4) is 17.2 Å². The van der Waals surface area contributed by atoms with Crippen molar-refractivity contribution in [1.82, 2.24) is 4.57 Å². The Kier molecular flexibility index (Phi) is 4.16. The minimum Gasteiger partial charge on any atom is -0.503 e. The zero-order chi connectivity index (χ0) is 16.4. The van der Waals surface area contributed by atoms with E-state index in [2.05, 4.69) is 0 Å². The molecule has 0 spiro atoms. The molecule has 1 heterocycles. The van der Waals surface area contributed by atoms with Crippen molar-refractivity contribution in [2.45, 2.75) is 13.8 Å². The number of carbonyl (C=O) groups excluding carboxylic acids is 2. The number of esters is 1. The van der Waals surface area contributed by atoms with E-state index in [1.165, 1.54) is 19.1 Å². The second kappa shape index (κ2) is 5.88. The summed E-state index contributed by atoms with van der Waals surface area (Å²) in [6.07, 6.45) is 0. The second-order valence-electron chi connectivity index (χ2n) is 4.48. The van der Waals surface area contributed by atoms with Crippen molar-refractivity contribution in [3.05, 3.63) is 41.5 Å². The number of carbonyl (C=O) groups is 2. The minimum atomic E-state index is -0.910. The SMILES string of the molecule is CCOC(=O)c1c(O)c(O)c(C(C)=O)n1-c1ccc(F)cc1. The van der Waals surface area contributed by atoms with Gasteiger partial charge in [-0.05, 0) is 31.2 Å². The molecule has 0 saturated carbocycles. The van der Waals surface area contributed by atoms with Gasteiger partial charge in [-0.3, -0.25) is 9.36 Å². The predicted octanol–water partition coefficient (Wildman–Crippen LogP) is 2.41. The van der Waals surface area contributed by atoms with Gasteiger partial charge in [0.2, 0.25) is 0 Å². The van der Waals surface area contributed by atoms with E-state index in [0.29, 0.717) is 0 Å². The highest BCUT2D eigenvalue weighted by Gasteiger charge is 2.30. The number of Topliss-reactive ketones (excluding diaryl/α,β-unsaturated/α-hetero) is 1. The topological polar surface area (TPSA) is 88.8 Å². The highest BCUT2D eigenvalue weighted by atomic mass is 19.1. The number of ketones is 1. The zero-order valence-electron chi connectivity index (χ0n) is 12.0. The van der Waals surface area contributed by atoms with Gasteiger partial charge >= 0.3 is 5.97 Å². The first kappa shape index (κ1) is 15.6. The Labute approximate surface area is 125 Å². The first-order valence-electron chi connectivity index (χ1n) is 6.49. The molecule has 0 aliphatic heterocycles. The summed E-state index contributed by atoms with van der Waals surface area (Å²) in [6.45, 7) is 2.79. The number of rotatable bonds is 4. The quantitative estimate of drug-likeness (QED) is 0.669. The lowest BCUT2D eigenvalue weighted by Crippen LogP contribution is -2.14. The van der Waals surface area contributed by atoms with Crippen molar-refractivity contribution in [1.29, 1.82) is 0 Å². The number of halogens is 1. The van der Waals surface area contributed by atoms with Crippen molar-refractivity contribution < 1.29 is 28.9 Å². The fourth-order valence-electron chi connectivity index (χ4n) is 2.11. The number of benzene rings is 1. The number of nitrogens with zero attached hydrogens (tertiary/aromatic N) is 1. The van der Waals surface area contributed by atoms with Crippen LogP contribution in [-0.4, -0.2) is 33.1 Å². The molecule has 0 aliphatic carbocycles. The molecular weight excluding hydrogens is 293 g/mol. The average molecular weight is 307 g/mol. The summed E-state index contributed by atoms with van der Waals surface area (Å²) in [7, 11) is 0. The van der Waals surface area contributed by atoms with E-state index < -0.39 is 34.8 Å². The number of ether oxygens (including phenoxy) is 1. The summed E-state index contributed by atoms with van der Waals surface area (Å²) in [5.74, 6) is -3.47. The van der Waals surface area contributed by atoms with Crippen LogP contribution >= 0.6 is 0 Å². The predicted molar refractivity (Wildman–Crippen MR) is 75.0 cm³/mol. The van der Waals surface area contributed by atoms with Crippen LogP contribution in [0.3, 0.4) is 0 Å². The number of hydrogen-bond donors (Lipinski definition) is 2. The van der Waals surface area contributed by atoms with Crippen molar-refractivity contribution in [3.63, 3.8) is 0 Å². The smallest absolute Gasteiger partial charge is 0.359 e. The summed E-state index contributed by atoms with van der Waals surface area (Å²) in [4.78, 5) is 23.8. The van der Waals surface area contributed by atoms with Gasteiger partial charge in [-0.25, -0.2) is 9.18 Å². The molecule has 0 radical (unpaired) electrons. The first-order chi connectivity index (χ1) is 10.4. The molecule has 2 N–H and O–H groups in total. The van der Waals surface area contributed by atoms with Gasteiger partial charge in [0.05, 0.1) is 6.61 Å². The molecular formula is C15H14FNO5. The van der Waals surface area contributed by atoms with E-state index in [1.807, 2.05) is 0 Å². The van der Waals surface area contributed by atoms with Crippen LogP contribution < -0.4 is 0 Å². The average Bonchev–Trinajstić information content (AvgIpc) is 2.72. The summed E-state index contributed by atoms with van der Waals surface area (Å²) in [5.41, 5.74) is -0.450. The lowest BCUT2D eigenvalue weighted by molar-refractivity contribution is 0.0513. The largest absolute Gasteiger partial charge is 0.503 e. The Bertz CT molecular complexity index is 733. The Morgan fingerprint density at radius 3 is 2.18 bits per heavy atom. The van der Waals surface area contributed by atoms with Crippen LogP contribution in [-0.2, 0) is 4.74 Å². The zero-order valence-corrected chi connectivity index (χ0v) is 12.0. The molecule has 0 bridgehead atoms. The molecule has 0 saturated heterocycles. The third-order valence-electron chi connectivity index (χ3n) is 3.01. The highest BCUT2D eigenvalue weighted by Crippen LogP contribution is 2.38. The van der Waals surface area contributed by atoms with E-state index >= 15 is 0 Å². The Balaban J connectivity index is 2.78. The van der Waals surface area contributed by atoms with Crippen LogP contribution in [0.2, 0.25) is 0 Å². The molecule has 0 unspecified atom stereocenters. The van der Waals surface area contributed by atoms with Gasteiger partial charge < -0.3 is 14.9 Å². The maximum Gasteiger partial charge on any atom is 0.359 e.